The monoisotopic (exact) mass is 469 g/mol. The minimum atomic E-state index is -3.06. The predicted octanol–water partition coefficient (Wildman–Crippen LogP) is 3.22. The number of likely N-dealkylation sites (tertiary alicyclic amines) is 1. The van der Waals surface area contributed by atoms with Crippen LogP contribution in [0.1, 0.15) is 28.8 Å². The van der Waals surface area contributed by atoms with Gasteiger partial charge in [0.2, 0.25) is 11.8 Å². The van der Waals surface area contributed by atoms with Crippen molar-refractivity contribution in [2.45, 2.75) is 19.5 Å². The summed E-state index contributed by atoms with van der Waals surface area (Å²) in [5, 5.41) is 2.71. The van der Waals surface area contributed by atoms with Gasteiger partial charge in [0, 0.05) is 31.4 Å². The van der Waals surface area contributed by atoms with E-state index in [1.165, 1.54) is 35.0 Å². The highest BCUT2D eigenvalue weighted by molar-refractivity contribution is 5.98. The first-order valence-electron chi connectivity index (χ1n) is 10.7. The molecule has 178 valence electrons. The summed E-state index contributed by atoms with van der Waals surface area (Å²) in [5.74, 6) is 0.625. The number of carbonyl (C=O) groups excluding carboxylic acids is 3. The van der Waals surface area contributed by atoms with E-state index in [9.17, 15) is 23.2 Å². The fraction of sp³-hybridized carbons (Fsp3) is 0.320. The van der Waals surface area contributed by atoms with E-state index in [1.54, 1.807) is 30.3 Å². The molecule has 0 spiro atoms. The van der Waals surface area contributed by atoms with Gasteiger partial charge in [0.05, 0.1) is 18.0 Å². The minimum absolute atomic E-state index is 0.0119. The highest BCUT2D eigenvalue weighted by Crippen LogP contribution is 2.25. The van der Waals surface area contributed by atoms with Crippen LogP contribution in [0.25, 0.3) is 0 Å². The molecule has 1 saturated heterocycles. The number of benzene rings is 2. The molecule has 0 aromatic heterocycles. The Hall–Kier alpha value is -3.93. The third-order valence-electron chi connectivity index (χ3n) is 5.46. The maximum Gasteiger partial charge on any atom is 0.387 e. The molecule has 1 aliphatic rings. The molecule has 1 atom stereocenters. The van der Waals surface area contributed by atoms with Gasteiger partial charge in [-0.3, -0.25) is 14.4 Å². The fourth-order valence-corrected chi connectivity index (χ4v) is 3.87. The Kier molecular flexibility index (Phi) is 8.19. The van der Waals surface area contributed by atoms with Crippen LogP contribution in [0.15, 0.2) is 48.5 Å². The van der Waals surface area contributed by atoms with Crippen molar-refractivity contribution in [1.29, 1.82) is 0 Å². The molecule has 1 aliphatic heterocycles. The second-order valence-corrected chi connectivity index (χ2v) is 7.93. The number of hydrogen-bond donors (Lipinski definition) is 1. The Morgan fingerprint density at radius 2 is 2.00 bits per heavy atom. The number of carbonyl (C=O) groups is 3. The van der Waals surface area contributed by atoms with Crippen molar-refractivity contribution in [3.63, 3.8) is 0 Å². The zero-order valence-corrected chi connectivity index (χ0v) is 18.7. The molecule has 1 N–H and O–H groups in total. The van der Waals surface area contributed by atoms with Crippen LogP contribution in [-0.4, -0.2) is 60.8 Å². The smallest absolute Gasteiger partial charge is 0.387 e. The first-order valence-corrected chi connectivity index (χ1v) is 10.7. The molecule has 3 amide bonds. The van der Waals surface area contributed by atoms with Crippen LogP contribution in [-0.2, 0) is 9.59 Å². The summed E-state index contributed by atoms with van der Waals surface area (Å²) < 4.78 is 29.9. The van der Waals surface area contributed by atoms with E-state index < -0.39 is 18.4 Å². The third kappa shape index (κ3) is 6.32. The van der Waals surface area contributed by atoms with Crippen LogP contribution in [0.2, 0.25) is 0 Å². The van der Waals surface area contributed by atoms with Gasteiger partial charge in [0.15, 0.2) is 0 Å². The summed E-state index contributed by atoms with van der Waals surface area (Å²) >= 11 is 0. The van der Waals surface area contributed by atoms with Gasteiger partial charge in [-0.05, 0) is 43.2 Å². The fourth-order valence-electron chi connectivity index (χ4n) is 3.87. The number of amides is 3. The average molecular weight is 469 g/mol. The number of halogens is 2. The molecule has 2 aromatic rings. The van der Waals surface area contributed by atoms with Crippen molar-refractivity contribution in [2.24, 2.45) is 5.92 Å². The number of terminal acetylenes is 1. The number of hydrogen-bond acceptors (Lipinski definition) is 4. The normalized spacial score (nSPS) is 15.4. The number of para-hydroxylation sites is 1. The summed E-state index contributed by atoms with van der Waals surface area (Å²) in [6, 6.07) is 12.6. The average Bonchev–Trinajstić information content (AvgIpc) is 2.83. The second kappa shape index (κ2) is 11.3. The molecule has 1 fully saturated rings. The van der Waals surface area contributed by atoms with Crippen molar-refractivity contribution in [2.75, 3.05) is 32.0 Å². The lowest BCUT2D eigenvalue weighted by molar-refractivity contribution is -0.138. The summed E-state index contributed by atoms with van der Waals surface area (Å²) in [7, 11) is 1.52. The molecule has 1 unspecified atom stereocenters. The summed E-state index contributed by atoms with van der Waals surface area (Å²) in [6.45, 7) is -2.72. The lowest BCUT2D eigenvalue weighted by Crippen LogP contribution is -2.47. The Labute approximate surface area is 196 Å². The van der Waals surface area contributed by atoms with Gasteiger partial charge < -0.3 is 19.9 Å². The summed E-state index contributed by atoms with van der Waals surface area (Å²) in [5.41, 5.74) is 1.16. The van der Waals surface area contributed by atoms with Crippen LogP contribution in [0.5, 0.6) is 5.75 Å². The Bertz CT molecular complexity index is 1100. The maximum absolute atomic E-state index is 13.0. The largest absolute Gasteiger partial charge is 0.434 e. The zero-order chi connectivity index (χ0) is 24.7. The zero-order valence-electron chi connectivity index (χ0n) is 18.7. The van der Waals surface area contributed by atoms with Crippen LogP contribution in [0.3, 0.4) is 0 Å². The molecular weight excluding hydrogens is 444 g/mol. The first-order chi connectivity index (χ1) is 16.3. The minimum Gasteiger partial charge on any atom is -0.434 e. The molecular formula is C25H25F2N3O4. The quantitative estimate of drug-likeness (QED) is 0.632. The maximum atomic E-state index is 13.0. The molecule has 0 aliphatic carbocycles. The van der Waals surface area contributed by atoms with Crippen LogP contribution < -0.4 is 10.1 Å². The van der Waals surface area contributed by atoms with Gasteiger partial charge in [0.1, 0.15) is 5.75 Å². The number of anilines is 1. The van der Waals surface area contributed by atoms with Crippen molar-refractivity contribution >= 4 is 23.4 Å². The Morgan fingerprint density at radius 3 is 2.74 bits per heavy atom. The van der Waals surface area contributed by atoms with E-state index >= 15 is 0 Å². The van der Waals surface area contributed by atoms with Gasteiger partial charge in [-0.15, -0.1) is 6.42 Å². The van der Waals surface area contributed by atoms with E-state index in [2.05, 4.69) is 16.0 Å². The number of piperidine rings is 1. The molecule has 34 heavy (non-hydrogen) atoms. The van der Waals surface area contributed by atoms with Gasteiger partial charge >= 0.3 is 6.61 Å². The van der Waals surface area contributed by atoms with E-state index in [-0.39, 0.29) is 36.2 Å². The van der Waals surface area contributed by atoms with Crippen LogP contribution in [0.4, 0.5) is 14.5 Å². The Balaban J connectivity index is 1.61. The highest BCUT2D eigenvalue weighted by Gasteiger charge is 2.32. The molecule has 0 radical (unpaired) electrons. The van der Waals surface area contributed by atoms with Gasteiger partial charge in [-0.2, -0.15) is 8.78 Å². The molecule has 2 aromatic carbocycles. The number of rotatable bonds is 7. The molecule has 9 heteroatoms. The van der Waals surface area contributed by atoms with Crippen molar-refractivity contribution < 1.29 is 27.9 Å². The molecule has 0 bridgehead atoms. The van der Waals surface area contributed by atoms with Crippen molar-refractivity contribution in [3.8, 4) is 18.1 Å². The molecule has 7 nitrogen and oxygen atoms in total. The van der Waals surface area contributed by atoms with E-state index in [0.717, 1.165) is 0 Å². The number of alkyl halides is 2. The molecule has 1 heterocycles. The van der Waals surface area contributed by atoms with Crippen molar-refractivity contribution in [1.82, 2.24) is 9.80 Å². The highest BCUT2D eigenvalue weighted by atomic mass is 19.3. The third-order valence-corrected chi connectivity index (χ3v) is 5.46. The summed E-state index contributed by atoms with van der Waals surface area (Å²) in [6.07, 6.45) is 6.49. The van der Waals surface area contributed by atoms with E-state index in [0.29, 0.717) is 30.6 Å². The lowest BCUT2D eigenvalue weighted by atomic mass is 9.96. The number of nitrogens with zero attached hydrogens (tertiary/aromatic N) is 2. The van der Waals surface area contributed by atoms with Gasteiger partial charge in [-0.25, -0.2) is 0 Å². The molecule has 3 rings (SSSR count). The molecule has 0 saturated carbocycles. The Morgan fingerprint density at radius 1 is 1.24 bits per heavy atom. The van der Waals surface area contributed by atoms with E-state index in [4.69, 9.17) is 6.42 Å². The van der Waals surface area contributed by atoms with Crippen LogP contribution >= 0.6 is 0 Å². The van der Waals surface area contributed by atoms with E-state index in [1.807, 2.05) is 0 Å². The van der Waals surface area contributed by atoms with Gasteiger partial charge in [-0.1, -0.05) is 24.1 Å². The van der Waals surface area contributed by atoms with Crippen molar-refractivity contribution in [3.05, 3.63) is 59.7 Å². The SMILES string of the molecule is C#Cc1cccc(NC(=O)CN(C)C(=O)C2CCCN(C(=O)c3ccccc3OC(F)F)C2)c1. The number of likely N-dealkylation sites (N-methyl/N-ethyl adjacent to an activating group) is 1. The first kappa shape index (κ1) is 24.7. The van der Waals surface area contributed by atoms with Gasteiger partial charge in [0.25, 0.3) is 5.91 Å². The number of nitrogens with one attached hydrogen (secondary N) is 1. The van der Waals surface area contributed by atoms with Crippen LogP contribution in [0, 0.1) is 18.3 Å². The topological polar surface area (TPSA) is 79.0 Å². The lowest BCUT2D eigenvalue weighted by Gasteiger charge is -2.34. The summed E-state index contributed by atoms with van der Waals surface area (Å²) in [4.78, 5) is 41.1. The second-order valence-electron chi connectivity index (χ2n) is 7.93. The predicted molar refractivity (Wildman–Crippen MR) is 122 cm³/mol. The standard InChI is InChI=1S/C25H25F2N3O4/c1-3-17-8-6-10-19(14-17)28-22(31)16-29(2)23(32)18-9-7-13-30(15-18)24(33)20-11-4-5-12-21(20)34-25(26)27/h1,4-6,8,10-12,14,18,25H,7,9,13,15-16H2,2H3,(H,28,31). The number of ether oxygens (including phenoxy) is 1.